The van der Waals surface area contributed by atoms with E-state index >= 15 is 0 Å². The highest BCUT2D eigenvalue weighted by Gasteiger charge is 2.24. The molecule has 0 saturated carbocycles. The average Bonchev–Trinajstić information content (AvgIpc) is 3.15. The van der Waals surface area contributed by atoms with Crippen LogP contribution in [0.5, 0.6) is 11.5 Å². The van der Waals surface area contributed by atoms with Gasteiger partial charge in [0.15, 0.2) is 17.2 Å². The van der Waals surface area contributed by atoms with E-state index in [1.807, 2.05) is 67.6 Å². The van der Waals surface area contributed by atoms with E-state index in [2.05, 4.69) is 4.99 Å². The number of benzene rings is 3. The Bertz CT molecular complexity index is 1140. The summed E-state index contributed by atoms with van der Waals surface area (Å²) in [6, 6.07) is 22.5. The number of hydrogen-bond acceptors (Lipinski definition) is 5. The normalized spacial score (nSPS) is 14.3. The summed E-state index contributed by atoms with van der Waals surface area (Å²) in [5, 5.41) is 0.382. The Morgan fingerprint density at radius 2 is 1.71 bits per heavy atom. The van der Waals surface area contributed by atoms with Gasteiger partial charge in [0.1, 0.15) is 6.61 Å². The second-order valence-corrected chi connectivity index (χ2v) is 7.15. The van der Waals surface area contributed by atoms with Crippen molar-refractivity contribution in [3.05, 3.63) is 100 Å². The van der Waals surface area contributed by atoms with Crippen molar-refractivity contribution in [2.45, 2.75) is 13.5 Å². The quantitative estimate of drug-likeness (QED) is 0.356. The van der Waals surface area contributed by atoms with E-state index in [0.717, 1.165) is 11.1 Å². The molecule has 3 aromatic carbocycles. The molecular formula is C25H20ClNO4. The molecule has 0 fully saturated rings. The van der Waals surface area contributed by atoms with Gasteiger partial charge in [-0.15, -0.1) is 0 Å². The maximum Gasteiger partial charge on any atom is 0.363 e. The first-order valence-electron chi connectivity index (χ1n) is 9.85. The minimum absolute atomic E-state index is 0.190. The molecule has 1 aliphatic rings. The third-order valence-corrected chi connectivity index (χ3v) is 4.78. The fraction of sp³-hybridized carbons (Fsp3) is 0.120. The number of halogens is 1. The van der Waals surface area contributed by atoms with Crippen LogP contribution in [0.25, 0.3) is 6.08 Å². The Hall–Kier alpha value is -3.57. The molecule has 0 atom stereocenters. The molecule has 0 radical (unpaired) electrons. The minimum Gasteiger partial charge on any atom is -0.490 e. The van der Waals surface area contributed by atoms with Gasteiger partial charge in [-0.05, 0) is 48.4 Å². The molecule has 0 spiro atoms. The maximum absolute atomic E-state index is 12.3. The van der Waals surface area contributed by atoms with E-state index in [9.17, 15) is 4.79 Å². The van der Waals surface area contributed by atoms with Crippen LogP contribution in [0.15, 0.2) is 83.5 Å². The molecule has 31 heavy (non-hydrogen) atoms. The Balaban J connectivity index is 1.61. The number of cyclic esters (lactones) is 1. The van der Waals surface area contributed by atoms with Gasteiger partial charge in [-0.1, -0.05) is 60.1 Å². The molecule has 0 aliphatic carbocycles. The lowest BCUT2D eigenvalue weighted by Crippen LogP contribution is -2.05. The van der Waals surface area contributed by atoms with Crippen LogP contribution in [0.3, 0.4) is 0 Å². The number of carbonyl (C=O) groups is 1. The lowest BCUT2D eigenvalue weighted by Gasteiger charge is -2.14. The van der Waals surface area contributed by atoms with Crippen molar-refractivity contribution in [1.82, 2.24) is 0 Å². The van der Waals surface area contributed by atoms with Crippen molar-refractivity contribution in [3.63, 3.8) is 0 Å². The van der Waals surface area contributed by atoms with Gasteiger partial charge in [0, 0.05) is 5.56 Å². The first-order valence-corrected chi connectivity index (χ1v) is 10.2. The zero-order valence-corrected chi connectivity index (χ0v) is 17.6. The highest BCUT2D eigenvalue weighted by atomic mass is 35.5. The molecule has 0 amide bonds. The fourth-order valence-electron chi connectivity index (χ4n) is 3.08. The van der Waals surface area contributed by atoms with E-state index in [1.165, 1.54) is 0 Å². The first-order chi connectivity index (χ1) is 15.1. The minimum atomic E-state index is -0.516. The summed E-state index contributed by atoms with van der Waals surface area (Å²) in [5.41, 5.74) is 2.60. The van der Waals surface area contributed by atoms with Gasteiger partial charge in [0.25, 0.3) is 0 Å². The fourth-order valence-corrected chi connectivity index (χ4v) is 3.35. The average molecular weight is 434 g/mol. The molecule has 0 saturated heterocycles. The second kappa shape index (κ2) is 9.49. The smallest absolute Gasteiger partial charge is 0.363 e. The number of rotatable bonds is 7. The largest absolute Gasteiger partial charge is 0.490 e. The number of esters is 1. The van der Waals surface area contributed by atoms with E-state index in [0.29, 0.717) is 35.3 Å². The molecular weight excluding hydrogens is 414 g/mol. The number of nitrogens with zero attached hydrogens (tertiary/aromatic N) is 1. The van der Waals surface area contributed by atoms with Crippen LogP contribution in [0.2, 0.25) is 5.02 Å². The number of hydrogen-bond donors (Lipinski definition) is 0. The summed E-state index contributed by atoms with van der Waals surface area (Å²) in [5.74, 6) is 0.710. The standard InChI is InChI=1S/C25H20ClNO4/c1-2-29-22-15-18(13-20(26)23(22)30-16-17-9-5-3-6-10-17)14-21-25(28)31-24(27-21)19-11-7-4-8-12-19/h3-15H,2,16H2,1H3/b21-14+. The summed E-state index contributed by atoms with van der Waals surface area (Å²) in [6.07, 6.45) is 1.62. The van der Waals surface area contributed by atoms with E-state index in [1.54, 1.807) is 18.2 Å². The van der Waals surface area contributed by atoms with Gasteiger partial charge in [-0.3, -0.25) is 0 Å². The predicted octanol–water partition coefficient (Wildman–Crippen LogP) is 5.66. The summed E-state index contributed by atoms with van der Waals surface area (Å²) in [6.45, 7) is 2.68. The third kappa shape index (κ3) is 4.95. The molecule has 3 aromatic rings. The van der Waals surface area contributed by atoms with Crippen LogP contribution >= 0.6 is 11.6 Å². The van der Waals surface area contributed by atoms with Crippen LogP contribution in [-0.4, -0.2) is 18.5 Å². The molecule has 4 rings (SSSR count). The Kier molecular flexibility index (Phi) is 6.34. The van der Waals surface area contributed by atoms with Crippen molar-refractivity contribution >= 4 is 29.5 Å². The van der Waals surface area contributed by atoms with Crippen LogP contribution in [0.1, 0.15) is 23.6 Å². The molecule has 5 nitrogen and oxygen atoms in total. The molecule has 156 valence electrons. The van der Waals surface area contributed by atoms with Gasteiger partial charge < -0.3 is 14.2 Å². The summed E-state index contributed by atoms with van der Waals surface area (Å²) < 4.78 is 17.0. The van der Waals surface area contributed by atoms with Gasteiger partial charge >= 0.3 is 5.97 Å². The lowest BCUT2D eigenvalue weighted by atomic mass is 10.1. The maximum atomic E-state index is 12.3. The molecule has 0 unspecified atom stereocenters. The number of carbonyl (C=O) groups excluding carboxylic acids is 1. The van der Waals surface area contributed by atoms with Gasteiger partial charge in [-0.2, -0.15) is 0 Å². The monoisotopic (exact) mass is 433 g/mol. The zero-order chi connectivity index (χ0) is 21.6. The Morgan fingerprint density at radius 1 is 1.00 bits per heavy atom. The first kappa shape index (κ1) is 20.7. The van der Waals surface area contributed by atoms with Crippen LogP contribution < -0.4 is 9.47 Å². The van der Waals surface area contributed by atoms with Crippen LogP contribution in [-0.2, 0) is 16.1 Å². The molecule has 6 heteroatoms. The van der Waals surface area contributed by atoms with Crippen molar-refractivity contribution in [1.29, 1.82) is 0 Å². The SMILES string of the molecule is CCOc1cc(/C=C2/N=C(c3ccccc3)OC2=O)cc(Cl)c1OCc1ccccc1. The van der Waals surface area contributed by atoms with Crippen molar-refractivity contribution in [2.75, 3.05) is 6.61 Å². The van der Waals surface area contributed by atoms with E-state index < -0.39 is 5.97 Å². The Labute approximate surface area is 185 Å². The Morgan fingerprint density at radius 3 is 2.42 bits per heavy atom. The van der Waals surface area contributed by atoms with Gasteiger partial charge in [0.05, 0.1) is 11.6 Å². The third-order valence-electron chi connectivity index (χ3n) is 4.50. The summed E-state index contributed by atoms with van der Waals surface area (Å²) >= 11 is 6.50. The second-order valence-electron chi connectivity index (χ2n) is 6.74. The number of aliphatic imine (C=N–C) groups is 1. The van der Waals surface area contributed by atoms with Crippen LogP contribution in [0.4, 0.5) is 0 Å². The van der Waals surface area contributed by atoms with Crippen molar-refractivity contribution in [2.24, 2.45) is 4.99 Å². The van der Waals surface area contributed by atoms with Crippen molar-refractivity contribution < 1.29 is 19.0 Å². The topological polar surface area (TPSA) is 57.1 Å². The number of ether oxygens (including phenoxy) is 3. The predicted molar refractivity (Wildman–Crippen MR) is 120 cm³/mol. The van der Waals surface area contributed by atoms with Gasteiger partial charge in [-0.25, -0.2) is 9.79 Å². The highest BCUT2D eigenvalue weighted by molar-refractivity contribution is 6.32. The summed E-state index contributed by atoms with van der Waals surface area (Å²) in [4.78, 5) is 16.6. The molecule has 0 N–H and O–H groups in total. The lowest BCUT2D eigenvalue weighted by molar-refractivity contribution is -0.129. The molecule has 0 aromatic heterocycles. The van der Waals surface area contributed by atoms with E-state index in [-0.39, 0.29) is 11.6 Å². The summed E-state index contributed by atoms with van der Waals surface area (Å²) in [7, 11) is 0. The molecule has 1 aliphatic heterocycles. The molecule has 1 heterocycles. The highest BCUT2D eigenvalue weighted by Crippen LogP contribution is 2.38. The van der Waals surface area contributed by atoms with Crippen LogP contribution in [0, 0.1) is 0 Å². The van der Waals surface area contributed by atoms with Crippen molar-refractivity contribution in [3.8, 4) is 11.5 Å². The molecule has 0 bridgehead atoms. The van der Waals surface area contributed by atoms with Gasteiger partial charge in [0.2, 0.25) is 5.90 Å². The zero-order valence-electron chi connectivity index (χ0n) is 16.9. The van der Waals surface area contributed by atoms with E-state index in [4.69, 9.17) is 25.8 Å².